The lowest BCUT2D eigenvalue weighted by molar-refractivity contribution is 0.415. The van der Waals surface area contributed by atoms with E-state index in [9.17, 15) is 8.42 Å². The van der Waals surface area contributed by atoms with Gasteiger partial charge in [-0.1, -0.05) is 6.92 Å². The van der Waals surface area contributed by atoms with Crippen molar-refractivity contribution >= 4 is 21.2 Å². The molecule has 0 aliphatic rings. The highest BCUT2D eigenvalue weighted by Gasteiger charge is 2.07. The number of nitrogens with one attached hydrogen (secondary N) is 1. The third-order valence-electron chi connectivity index (χ3n) is 2.43. The Bertz CT molecular complexity index is 472. The number of methoxy groups -OCH3 is 1. The van der Waals surface area contributed by atoms with Crippen LogP contribution in [0, 0.1) is 0 Å². The van der Waals surface area contributed by atoms with Gasteiger partial charge in [0.15, 0.2) is 9.84 Å². The lowest BCUT2D eigenvalue weighted by atomic mass is 10.2. The number of rotatable bonds is 6. The van der Waals surface area contributed by atoms with E-state index in [-0.39, 0.29) is 11.5 Å². The first-order valence-corrected chi connectivity index (χ1v) is 7.18. The summed E-state index contributed by atoms with van der Waals surface area (Å²) in [5, 5.41) is 2.99. The second kappa shape index (κ2) is 5.77. The Morgan fingerprint density at radius 1 is 1.41 bits per heavy atom. The Labute approximate surface area is 102 Å². The van der Waals surface area contributed by atoms with Gasteiger partial charge in [0.2, 0.25) is 0 Å². The minimum Gasteiger partial charge on any atom is -0.497 e. The molecule has 0 unspecified atom stereocenters. The predicted octanol–water partition coefficient (Wildman–Crippen LogP) is 1.12. The Kier molecular flexibility index (Phi) is 4.62. The molecule has 1 aromatic rings. The molecule has 3 N–H and O–H groups in total. The molecule has 1 rings (SSSR count). The van der Waals surface area contributed by atoms with Gasteiger partial charge in [0.05, 0.1) is 24.2 Å². The van der Waals surface area contributed by atoms with Crippen molar-refractivity contribution < 1.29 is 13.2 Å². The molecular formula is C11H18N2O3S. The van der Waals surface area contributed by atoms with Crippen molar-refractivity contribution in [1.29, 1.82) is 0 Å². The zero-order valence-electron chi connectivity index (χ0n) is 10.1. The Hall–Kier alpha value is -1.43. The van der Waals surface area contributed by atoms with Gasteiger partial charge >= 0.3 is 0 Å². The topological polar surface area (TPSA) is 81.4 Å². The maximum Gasteiger partial charge on any atom is 0.151 e. The van der Waals surface area contributed by atoms with Crippen LogP contribution in [0.5, 0.6) is 5.75 Å². The van der Waals surface area contributed by atoms with E-state index in [1.807, 2.05) is 0 Å². The van der Waals surface area contributed by atoms with Gasteiger partial charge in [-0.15, -0.1) is 0 Å². The van der Waals surface area contributed by atoms with Gasteiger partial charge in [0.1, 0.15) is 5.75 Å². The summed E-state index contributed by atoms with van der Waals surface area (Å²) in [4.78, 5) is 0. The van der Waals surface area contributed by atoms with E-state index in [0.29, 0.717) is 18.0 Å². The Morgan fingerprint density at radius 3 is 2.65 bits per heavy atom. The molecule has 0 bridgehead atoms. The maximum absolute atomic E-state index is 11.3. The molecule has 96 valence electrons. The number of hydrogen-bond donors (Lipinski definition) is 2. The van der Waals surface area contributed by atoms with Crippen LogP contribution in [0.15, 0.2) is 18.2 Å². The van der Waals surface area contributed by atoms with Crippen LogP contribution in [0.25, 0.3) is 0 Å². The molecule has 0 saturated heterocycles. The normalized spacial score (nSPS) is 11.2. The van der Waals surface area contributed by atoms with Crippen molar-refractivity contribution in [2.24, 2.45) is 0 Å². The van der Waals surface area contributed by atoms with Crippen LogP contribution in [0.3, 0.4) is 0 Å². The molecule has 0 atom stereocenters. The monoisotopic (exact) mass is 258 g/mol. The summed E-state index contributed by atoms with van der Waals surface area (Å²) in [6.07, 6.45) is 0. The number of sulfone groups is 1. The number of nitrogen functional groups attached to an aromatic ring is 1. The summed E-state index contributed by atoms with van der Waals surface area (Å²) in [5.41, 5.74) is 7.05. The predicted molar refractivity (Wildman–Crippen MR) is 70.2 cm³/mol. The molecule has 0 spiro atoms. The van der Waals surface area contributed by atoms with Gasteiger partial charge < -0.3 is 15.8 Å². The van der Waals surface area contributed by atoms with Gasteiger partial charge in [-0.2, -0.15) is 0 Å². The van der Waals surface area contributed by atoms with Gasteiger partial charge in [-0.05, 0) is 12.1 Å². The molecule has 0 amide bonds. The molecule has 1 aromatic carbocycles. The largest absolute Gasteiger partial charge is 0.497 e. The SMILES string of the molecule is CCS(=O)(=O)CCNc1ccc(OC)cc1N. The molecule has 0 fully saturated rings. The number of benzene rings is 1. The molecular weight excluding hydrogens is 240 g/mol. The quantitative estimate of drug-likeness (QED) is 0.747. The minimum atomic E-state index is -2.94. The second-order valence-corrected chi connectivity index (χ2v) is 6.09. The molecule has 0 aliphatic carbocycles. The molecule has 0 radical (unpaired) electrons. The zero-order valence-corrected chi connectivity index (χ0v) is 10.9. The van der Waals surface area contributed by atoms with Crippen LogP contribution in [-0.2, 0) is 9.84 Å². The second-order valence-electron chi connectivity index (χ2n) is 3.62. The standard InChI is InChI=1S/C11H18N2O3S/c1-3-17(14,15)7-6-13-11-5-4-9(16-2)8-10(11)12/h4-5,8,13H,3,6-7,12H2,1-2H3. The number of ether oxygens (including phenoxy) is 1. The van der Waals surface area contributed by atoms with Crippen molar-refractivity contribution in [2.75, 3.05) is 36.2 Å². The van der Waals surface area contributed by atoms with Crippen LogP contribution >= 0.6 is 0 Å². The minimum absolute atomic E-state index is 0.106. The summed E-state index contributed by atoms with van der Waals surface area (Å²) in [6.45, 7) is 1.99. The molecule has 0 saturated carbocycles. The van der Waals surface area contributed by atoms with Crippen LogP contribution in [0.4, 0.5) is 11.4 Å². The third kappa shape index (κ3) is 4.14. The fourth-order valence-corrected chi connectivity index (χ4v) is 2.02. The summed E-state index contributed by atoms with van der Waals surface area (Å²) < 4.78 is 27.6. The molecule has 0 heterocycles. The van der Waals surface area contributed by atoms with Crippen LogP contribution in [-0.4, -0.2) is 33.6 Å². The Morgan fingerprint density at radius 2 is 2.12 bits per heavy atom. The van der Waals surface area contributed by atoms with E-state index < -0.39 is 9.84 Å². The summed E-state index contributed by atoms with van der Waals surface area (Å²) >= 11 is 0. The molecule has 6 heteroatoms. The fraction of sp³-hybridized carbons (Fsp3) is 0.455. The van der Waals surface area contributed by atoms with Crippen molar-refractivity contribution in [3.63, 3.8) is 0 Å². The lowest BCUT2D eigenvalue weighted by Gasteiger charge is -2.10. The smallest absolute Gasteiger partial charge is 0.151 e. The highest BCUT2D eigenvalue weighted by Crippen LogP contribution is 2.23. The number of hydrogen-bond acceptors (Lipinski definition) is 5. The van der Waals surface area contributed by atoms with E-state index in [0.717, 1.165) is 5.69 Å². The van der Waals surface area contributed by atoms with Crippen molar-refractivity contribution in [3.8, 4) is 5.75 Å². The first kappa shape index (κ1) is 13.6. The molecule has 17 heavy (non-hydrogen) atoms. The summed E-state index contributed by atoms with van der Waals surface area (Å²) in [5.74, 6) is 0.941. The third-order valence-corrected chi connectivity index (χ3v) is 4.13. The van der Waals surface area contributed by atoms with Crippen molar-refractivity contribution in [1.82, 2.24) is 0 Å². The van der Waals surface area contributed by atoms with E-state index in [2.05, 4.69) is 5.32 Å². The maximum atomic E-state index is 11.3. The summed E-state index contributed by atoms with van der Waals surface area (Å²) in [6, 6.07) is 5.23. The molecule has 5 nitrogen and oxygen atoms in total. The van der Waals surface area contributed by atoms with Gasteiger partial charge in [0, 0.05) is 18.4 Å². The fourth-order valence-electron chi connectivity index (χ4n) is 1.31. The lowest BCUT2D eigenvalue weighted by Crippen LogP contribution is -2.17. The van der Waals surface area contributed by atoms with E-state index >= 15 is 0 Å². The van der Waals surface area contributed by atoms with E-state index in [4.69, 9.17) is 10.5 Å². The van der Waals surface area contributed by atoms with Crippen LogP contribution < -0.4 is 15.8 Å². The average Bonchev–Trinajstić information content (AvgIpc) is 2.31. The Balaban J connectivity index is 2.58. The highest BCUT2D eigenvalue weighted by molar-refractivity contribution is 7.91. The highest BCUT2D eigenvalue weighted by atomic mass is 32.2. The van der Waals surface area contributed by atoms with Crippen molar-refractivity contribution in [2.45, 2.75) is 6.92 Å². The molecule has 0 aliphatic heterocycles. The van der Waals surface area contributed by atoms with Gasteiger partial charge in [0.25, 0.3) is 0 Å². The number of nitrogens with two attached hydrogens (primary N) is 1. The number of anilines is 2. The van der Waals surface area contributed by atoms with Crippen LogP contribution in [0.2, 0.25) is 0 Å². The zero-order chi connectivity index (χ0) is 12.9. The molecule has 0 aromatic heterocycles. The van der Waals surface area contributed by atoms with Gasteiger partial charge in [-0.25, -0.2) is 8.42 Å². The van der Waals surface area contributed by atoms with Crippen LogP contribution in [0.1, 0.15) is 6.92 Å². The van der Waals surface area contributed by atoms with E-state index in [1.165, 1.54) is 0 Å². The average molecular weight is 258 g/mol. The van der Waals surface area contributed by atoms with Gasteiger partial charge in [-0.3, -0.25) is 0 Å². The van der Waals surface area contributed by atoms with Crippen molar-refractivity contribution in [3.05, 3.63) is 18.2 Å². The summed E-state index contributed by atoms with van der Waals surface area (Å²) in [7, 11) is -1.38. The van der Waals surface area contributed by atoms with E-state index in [1.54, 1.807) is 32.2 Å². The first-order valence-electron chi connectivity index (χ1n) is 5.36. The first-order chi connectivity index (χ1) is 7.98.